The maximum Gasteiger partial charge on any atom is 0.254 e. The van der Waals surface area contributed by atoms with Crippen LogP contribution in [-0.4, -0.2) is 41.5 Å². The molecule has 0 aromatic heterocycles. The molecule has 1 amide bonds. The van der Waals surface area contributed by atoms with E-state index >= 15 is 0 Å². The Kier molecular flexibility index (Phi) is 6.96. The fourth-order valence-corrected chi connectivity index (χ4v) is 4.84. The quantitative estimate of drug-likeness (QED) is 0.538. The van der Waals surface area contributed by atoms with Crippen molar-refractivity contribution in [2.24, 2.45) is 0 Å². The molecule has 1 saturated heterocycles. The van der Waals surface area contributed by atoms with Gasteiger partial charge >= 0.3 is 0 Å². The van der Waals surface area contributed by atoms with Gasteiger partial charge in [-0.2, -0.15) is 0 Å². The Balaban J connectivity index is 1.38. The SMILES string of the molecule is CC(C)(C)c1ccc(N[S+]([O-])c2cccc(C(=O)N3CCN(c4ccccc4)CC3)c2)cc1. The van der Waals surface area contributed by atoms with Gasteiger partial charge in [0.15, 0.2) is 4.90 Å². The molecule has 1 fully saturated rings. The predicted molar refractivity (Wildman–Crippen MR) is 136 cm³/mol. The number of carbonyl (C=O) groups excluding carboxylic acids is 1. The summed E-state index contributed by atoms with van der Waals surface area (Å²) in [7, 11) is 0. The Bertz CT molecular complexity index is 1070. The minimum absolute atomic E-state index is 0.0175. The topological polar surface area (TPSA) is 58.6 Å². The standard InChI is InChI=1S/C27H31N3O2S/c1-27(2,3)22-12-14-23(15-13-22)28-33(32)25-11-7-8-21(20-25)26(31)30-18-16-29(17-19-30)24-9-5-4-6-10-24/h4-15,20,28H,16-19H2,1-3H3. The number of nitrogens with zero attached hydrogens (tertiary/aromatic N) is 2. The van der Waals surface area contributed by atoms with E-state index in [1.165, 1.54) is 11.3 Å². The molecule has 0 aliphatic carbocycles. The second-order valence-electron chi connectivity index (χ2n) is 9.34. The first-order chi connectivity index (χ1) is 15.8. The normalized spacial score (nSPS) is 15.3. The average Bonchev–Trinajstić information content (AvgIpc) is 2.84. The molecule has 5 nitrogen and oxygen atoms in total. The van der Waals surface area contributed by atoms with Crippen LogP contribution in [0.1, 0.15) is 36.7 Å². The first-order valence-electron chi connectivity index (χ1n) is 11.3. The molecule has 1 aliphatic rings. The molecule has 3 aromatic carbocycles. The molecule has 6 heteroatoms. The van der Waals surface area contributed by atoms with Gasteiger partial charge in [-0.25, -0.2) is 4.72 Å². The van der Waals surface area contributed by atoms with Gasteiger partial charge in [-0.15, -0.1) is 0 Å². The highest BCUT2D eigenvalue weighted by atomic mass is 32.2. The van der Waals surface area contributed by atoms with E-state index in [-0.39, 0.29) is 11.3 Å². The zero-order valence-corrected chi connectivity index (χ0v) is 20.3. The lowest BCUT2D eigenvalue weighted by molar-refractivity contribution is 0.0746. The van der Waals surface area contributed by atoms with E-state index in [1.54, 1.807) is 24.3 Å². The molecule has 0 saturated carbocycles. The van der Waals surface area contributed by atoms with Crippen LogP contribution in [0.25, 0.3) is 0 Å². The lowest BCUT2D eigenvalue weighted by atomic mass is 9.87. The molecule has 1 unspecified atom stereocenters. The summed E-state index contributed by atoms with van der Waals surface area (Å²) in [5.41, 5.74) is 3.83. The van der Waals surface area contributed by atoms with E-state index in [9.17, 15) is 9.35 Å². The van der Waals surface area contributed by atoms with Gasteiger partial charge in [0.2, 0.25) is 0 Å². The van der Waals surface area contributed by atoms with Gasteiger partial charge in [-0.05, 0) is 47.4 Å². The zero-order chi connectivity index (χ0) is 23.4. The van der Waals surface area contributed by atoms with Crippen molar-refractivity contribution in [2.45, 2.75) is 31.1 Å². The number of hydrogen-bond acceptors (Lipinski definition) is 4. The number of hydrogen-bond donors (Lipinski definition) is 1. The van der Waals surface area contributed by atoms with Crippen LogP contribution in [0.5, 0.6) is 0 Å². The number of para-hydroxylation sites is 1. The maximum absolute atomic E-state index is 13.1. The lowest BCUT2D eigenvalue weighted by Crippen LogP contribution is -2.48. The number of carbonyl (C=O) groups is 1. The van der Waals surface area contributed by atoms with Gasteiger partial charge < -0.3 is 14.4 Å². The fourth-order valence-electron chi connectivity index (χ4n) is 3.94. The Morgan fingerprint density at radius 2 is 1.55 bits per heavy atom. The average molecular weight is 462 g/mol. The molecule has 1 heterocycles. The highest BCUT2D eigenvalue weighted by molar-refractivity contribution is 7.92. The van der Waals surface area contributed by atoms with E-state index in [0.29, 0.717) is 23.5 Å². The molecule has 1 N–H and O–H groups in total. The van der Waals surface area contributed by atoms with Crippen molar-refractivity contribution in [1.29, 1.82) is 0 Å². The van der Waals surface area contributed by atoms with E-state index in [1.807, 2.05) is 35.2 Å². The largest absolute Gasteiger partial charge is 0.588 e. The van der Waals surface area contributed by atoms with Gasteiger partial charge in [0.25, 0.3) is 5.91 Å². The number of amides is 1. The van der Waals surface area contributed by atoms with Gasteiger partial charge in [0, 0.05) is 43.5 Å². The van der Waals surface area contributed by atoms with Crippen LogP contribution in [0.4, 0.5) is 11.4 Å². The van der Waals surface area contributed by atoms with Crippen molar-refractivity contribution in [3.05, 3.63) is 90.0 Å². The summed E-state index contributed by atoms with van der Waals surface area (Å²) in [5.74, 6) is -0.0175. The highest BCUT2D eigenvalue weighted by Crippen LogP contribution is 2.25. The molecular weight excluding hydrogens is 430 g/mol. The zero-order valence-electron chi connectivity index (χ0n) is 19.5. The second kappa shape index (κ2) is 9.89. The van der Waals surface area contributed by atoms with Gasteiger partial charge in [0.05, 0.1) is 5.69 Å². The number of anilines is 2. The summed E-state index contributed by atoms with van der Waals surface area (Å²) in [6.45, 7) is 9.42. The van der Waals surface area contributed by atoms with E-state index in [2.05, 4.69) is 54.7 Å². The minimum atomic E-state index is -1.45. The summed E-state index contributed by atoms with van der Waals surface area (Å²) < 4.78 is 16.0. The van der Waals surface area contributed by atoms with Crippen molar-refractivity contribution in [2.75, 3.05) is 35.8 Å². The fraction of sp³-hybridized carbons (Fsp3) is 0.296. The Morgan fingerprint density at radius 1 is 0.879 bits per heavy atom. The summed E-state index contributed by atoms with van der Waals surface area (Å²) >= 11 is -1.45. The number of benzene rings is 3. The smallest absolute Gasteiger partial charge is 0.254 e. The first-order valence-corrected chi connectivity index (χ1v) is 12.4. The van der Waals surface area contributed by atoms with Crippen molar-refractivity contribution < 1.29 is 9.35 Å². The molecule has 0 spiro atoms. The van der Waals surface area contributed by atoms with Crippen molar-refractivity contribution in [3.63, 3.8) is 0 Å². The summed E-state index contributed by atoms with van der Waals surface area (Å²) in [6, 6.07) is 25.4. The molecule has 3 aromatic rings. The summed E-state index contributed by atoms with van der Waals surface area (Å²) in [5, 5.41) is 0. The molecule has 1 atom stereocenters. The third-order valence-corrected chi connectivity index (χ3v) is 7.05. The predicted octanol–water partition coefficient (Wildman–Crippen LogP) is 5.08. The number of rotatable bonds is 5. The molecular formula is C27H31N3O2S. The molecule has 4 rings (SSSR count). The monoisotopic (exact) mass is 461 g/mol. The Morgan fingerprint density at radius 3 is 2.18 bits per heavy atom. The van der Waals surface area contributed by atoms with Crippen LogP contribution in [-0.2, 0) is 16.8 Å². The third-order valence-electron chi connectivity index (χ3n) is 5.94. The van der Waals surface area contributed by atoms with Crippen LogP contribution in [0.3, 0.4) is 0 Å². The summed E-state index contributed by atoms with van der Waals surface area (Å²) in [6.07, 6.45) is 0. The molecule has 172 valence electrons. The van der Waals surface area contributed by atoms with E-state index in [0.717, 1.165) is 18.8 Å². The molecule has 0 bridgehead atoms. The Labute approximate surface area is 199 Å². The van der Waals surface area contributed by atoms with Gasteiger partial charge in [0.1, 0.15) is 11.4 Å². The Hall–Kier alpha value is -2.96. The van der Waals surface area contributed by atoms with Crippen LogP contribution in [0.15, 0.2) is 83.8 Å². The van der Waals surface area contributed by atoms with Crippen LogP contribution in [0, 0.1) is 0 Å². The molecule has 33 heavy (non-hydrogen) atoms. The van der Waals surface area contributed by atoms with Crippen LogP contribution >= 0.6 is 0 Å². The van der Waals surface area contributed by atoms with E-state index in [4.69, 9.17) is 0 Å². The third kappa shape index (κ3) is 5.70. The first kappa shape index (κ1) is 23.2. The van der Waals surface area contributed by atoms with Gasteiger partial charge in [-0.1, -0.05) is 57.2 Å². The van der Waals surface area contributed by atoms with Gasteiger partial charge in [-0.3, -0.25) is 4.79 Å². The lowest BCUT2D eigenvalue weighted by Gasteiger charge is -2.36. The van der Waals surface area contributed by atoms with Crippen molar-refractivity contribution in [3.8, 4) is 0 Å². The van der Waals surface area contributed by atoms with Crippen LogP contribution in [0.2, 0.25) is 0 Å². The molecule has 1 aliphatic heterocycles. The van der Waals surface area contributed by atoms with Crippen molar-refractivity contribution >= 4 is 28.6 Å². The highest BCUT2D eigenvalue weighted by Gasteiger charge is 2.24. The number of nitrogens with one attached hydrogen (secondary N) is 1. The second-order valence-corrected chi connectivity index (χ2v) is 10.6. The van der Waals surface area contributed by atoms with E-state index < -0.39 is 11.4 Å². The minimum Gasteiger partial charge on any atom is -0.588 e. The maximum atomic E-state index is 13.1. The molecule has 0 radical (unpaired) electrons. The van der Waals surface area contributed by atoms with Crippen LogP contribution < -0.4 is 9.62 Å². The number of piperazine rings is 1. The van der Waals surface area contributed by atoms with Crippen molar-refractivity contribution in [1.82, 2.24) is 4.90 Å². The summed E-state index contributed by atoms with van der Waals surface area (Å²) in [4.78, 5) is 17.9.